The molecule has 0 spiro atoms. The van der Waals surface area contributed by atoms with Crippen molar-refractivity contribution in [3.8, 4) is 0 Å². The van der Waals surface area contributed by atoms with Crippen LogP contribution < -0.4 is 0 Å². The van der Waals surface area contributed by atoms with Crippen molar-refractivity contribution in [2.75, 3.05) is 0 Å². The molecule has 1 fully saturated rings. The van der Waals surface area contributed by atoms with Crippen molar-refractivity contribution in [2.45, 2.75) is 58.0 Å². The molecule has 0 aliphatic heterocycles. The highest BCUT2D eigenvalue weighted by molar-refractivity contribution is 8.67. The molecule has 0 aromatic heterocycles. The maximum absolute atomic E-state index is 4.33. The van der Waals surface area contributed by atoms with E-state index >= 15 is 0 Å². The quantitative estimate of drug-likeness (QED) is 0.417. The molecule has 1 aliphatic carbocycles. The summed E-state index contributed by atoms with van der Waals surface area (Å²) in [5.41, 5.74) is 0.251. The third kappa shape index (κ3) is 2.57. The summed E-state index contributed by atoms with van der Waals surface area (Å²) in [6, 6.07) is 0.757. The highest BCUT2D eigenvalue weighted by atomic mass is 33.1. The molecule has 0 atom stereocenters. The van der Waals surface area contributed by atoms with Crippen molar-refractivity contribution in [2.24, 2.45) is 0 Å². The van der Waals surface area contributed by atoms with Crippen molar-refractivity contribution in [3.63, 3.8) is 0 Å². The van der Waals surface area contributed by atoms with Crippen molar-refractivity contribution in [3.05, 3.63) is 0 Å². The zero-order chi connectivity index (χ0) is 9.19. The van der Waals surface area contributed by atoms with E-state index in [0.29, 0.717) is 0 Å². The van der Waals surface area contributed by atoms with Crippen LogP contribution in [0, 0.1) is 0 Å². The summed E-state index contributed by atoms with van der Waals surface area (Å²) in [5.74, 6) is 0. The third-order valence-electron chi connectivity index (χ3n) is 2.41. The van der Waals surface area contributed by atoms with Crippen LogP contribution in [0.1, 0.15) is 46.5 Å². The van der Waals surface area contributed by atoms with Gasteiger partial charge >= 0.3 is 0 Å². The fourth-order valence-electron chi connectivity index (χ4n) is 1.88. The molecule has 12 heavy (non-hydrogen) atoms. The van der Waals surface area contributed by atoms with Gasteiger partial charge in [-0.1, -0.05) is 24.5 Å². The fraction of sp³-hybridized carbons (Fsp3) is 1.00. The zero-order valence-electron chi connectivity index (χ0n) is 8.21. The SMILES string of the molecule is CC(C)(C)N(SS)C1CCCC1. The van der Waals surface area contributed by atoms with Crippen LogP contribution >= 0.6 is 22.6 Å². The average molecular weight is 205 g/mol. The van der Waals surface area contributed by atoms with E-state index in [1.165, 1.54) is 25.7 Å². The van der Waals surface area contributed by atoms with Crippen molar-refractivity contribution in [1.29, 1.82) is 0 Å². The highest BCUT2D eigenvalue weighted by Gasteiger charge is 2.30. The van der Waals surface area contributed by atoms with Gasteiger partial charge in [0.05, 0.1) is 0 Å². The second-order valence-electron chi connectivity index (χ2n) is 4.52. The van der Waals surface area contributed by atoms with Crippen LogP contribution in [0.25, 0.3) is 0 Å². The summed E-state index contributed by atoms with van der Waals surface area (Å²) in [5, 5.41) is 0. The van der Waals surface area contributed by atoms with Gasteiger partial charge in [-0.3, -0.25) is 0 Å². The molecule has 0 bridgehead atoms. The monoisotopic (exact) mass is 205 g/mol. The Morgan fingerprint density at radius 1 is 1.25 bits per heavy atom. The lowest BCUT2D eigenvalue weighted by Gasteiger charge is -2.37. The summed E-state index contributed by atoms with van der Waals surface area (Å²) in [6.45, 7) is 6.78. The molecule has 0 N–H and O–H groups in total. The second kappa shape index (κ2) is 4.25. The van der Waals surface area contributed by atoms with Crippen molar-refractivity contribution in [1.82, 2.24) is 4.31 Å². The van der Waals surface area contributed by atoms with Crippen LogP contribution in [0.15, 0.2) is 0 Å². The normalized spacial score (nSPS) is 20.8. The number of hydrogen-bond donors (Lipinski definition) is 1. The Hall–Kier alpha value is 0.660. The maximum Gasteiger partial charge on any atom is 0.0240 e. The molecule has 1 saturated carbocycles. The van der Waals surface area contributed by atoms with Crippen LogP contribution in [-0.4, -0.2) is 15.9 Å². The minimum Gasteiger partial charge on any atom is -0.233 e. The lowest BCUT2D eigenvalue weighted by molar-refractivity contribution is 0.214. The van der Waals surface area contributed by atoms with Gasteiger partial charge in [-0.05, 0) is 44.6 Å². The van der Waals surface area contributed by atoms with Gasteiger partial charge in [0.1, 0.15) is 0 Å². The van der Waals surface area contributed by atoms with Gasteiger partial charge in [-0.15, -0.1) is 0 Å². The Labute approximate surface area is 85.2 Å². The van der Waals surface area contributed by atoms with Gasteiger partial charge in [0, 0.05) is 11.6 Å². The largest absolute Gasteiger partial charge is 0.233 e. The lowest BCUT2D eigenvalue weighted by atomic mass is 10.1. The van der Waals surface area contributed by atoms with Crippen LogP contribution in [0.3, 0.4) is 0 Å². The first-order valence-corrected chi connectivity index (χ1v) is 6.49. The minimum atomic E-state index is 0.251. The van der Waals surface area contributed by atoms with E-state index in [0.717, 1.165) is 6.04 Å². The zero-order valence-corrected chi connectivity index (χ0v) is 9.92. The molecule has 1 rings (SSSR count). The molecule has 0 amide bonds. The molecular weight excluding hydrogens is 186 g/mol. The van der Waals surface area contributed by atoms with Gasteiger partial charge in [-0.2, -0.15) is 0 Å². The minimum absolute atomic E-state index is 0.251. The van der Waals surface area contributed by atoms with Crippen LogP contribution in [-0.2, 0) is 0 Å². The number of rotatable bonds is 2. The first kappa shape index (κ1) is 10.7. The maximum atomic E-state index is 4.33. The molecule has 0 unspecified atom stereocenters. The summed E-state index contributed by atoms with van der Waals surface area (Å²) in [7, 11) is 1.60. The van der Waals surface area contributed by atoms with E-state index in [-0.39, 0.29) is 5.54 Å². The van der Waals surface area contributed by atoms with Crippen LogP contribution in [0.2, 0.25) is 0 Å². The van der Waals surface area contributed by atoms with Crippen molar-refractivity contribution < 1.29 is 0 Å². The standard InChI is InChI=1S/C9H19NS2/c1-9(2,3)10(12-11)8-6-4-5-7-8/h8,11H,4-7H2,1-3H3. The number of hydrogen-bond acceptors (Lipinski definition) is 3. The molecule has 0 radical (unpaired) electrons. The number of nitrogens with zero attached hydrogens (tertiary/aromatic N) is 1. The molecule has 3 heteroatoms. The smallest absolute Gasteiger partial charge is 0.0240 e. The lowest BCUT2D eigenvalue weighted by Crippen LogP contribution is -2.41. The Morgan fingerprint density at radius 3 is 2.08 bits per heavy atom. The fourth-order valence-corrected chi connectivity index (χ4v) is 3.60. The predicted octanol–water partition coefficient (Wildman–Crippen LogP) is 3.52. The van der Waals surface area contributed by atoms with E-state index in [1.54, 1.807) is 11.0 Å². The second-order valence-corrected chi connectivity index (χ2v) is 5.56. The highest BCUT2D eigenvalue weighted by Crippen LogP contribution is 2.35. The molecular formula is C9H19NS2. The Morgan fingerprint density at radius 2 is 1.75 bits per heavy atom. The van der Waals surface area contributed by atoms with Gasteiger partial charge < -0.3 is 0 Å². The van der Waals surface area contributed by atoms with E-state index in [4.69, 9.17) is 0 Å². The summed E-state index contributed by atoms with van der Waals surface area (Å²) in [6.07, 6.45) is 5.49. The summed E-state index contributed by atoms with van der Waals surface area (Å²) >= 11 is 4.33. The molecule has 0 aromatic rings. The molecule has 0 heterocycles. The van der Waals surface area contributed by atoms with E-state index in [1.807, 2.05) is 0 Å². The number of thiol groups is 1. The summed E-state index contributed by atoms with van der Waals surface area (Å²) in [4.78, 5) is 0. The first-order valence-electron chi connectivity index (χ1n) is 4.66. The van der Waals surface area contributed by atoms with Gasteiger partial charge in [0.25, 0.3) is 0 Å². The average Bonchev–Trinajstić information content (AvgIpc) is 2.38. The van der Waals surface area contributed by atoms with E-state index < -0.39 is 0 Å². The molecule has 0 aromatic carbocycles. The van der Waals surface area contributed by atoms with E-state index in [9.17, 15) is 0 Å². The molecule has 1 aliphatic rings. The molecule has 72 valence electrons. The van der Waals surface area contributed by atoms with Crippen LogP contribution in [0.4, 0.5) is 0 Å². The predicted molar refractivity (Wildman–Crippen MR) is 60.4 cm³/mol. The Bertz CT molecular complexity index is 136. The van der Waals surface area contributed by atoms with Gasteiger partial charge in [-0.25, -0.2) is 4.31 Å². The summed E-state index contributed by atoms with van der Waals surface area (Å²) < 4.78 is 2.43. The molecule has 0 saturated heterocycles. The van der Waals surface area contributed by atoms with Crippen molar-refractivity contribution >= 4 is 22.6 Å². The first-order chi connectivity index (χ1) is 5.55. The topological polar surface area (TPSA) is 3.24 Å². The molecule has 1 nitrogen and oxygen atoms in total. The van der Waals surface area contributed by atoms with Gasteiger partial charge in [0.2, 0.25) is 0 Å². The Kier molecular flexibility index (Phi) is 3.80. The van der Waals surface area contributed by atoms with Gasteiger partial charge in [0.15, 0.2) is 0 Å². The Balaban J connectivity index is 2.54. The van der Waals surface area contributed by atoms with Crippen LogP contribution in [0.5, 0.6) is 0 Å². The third-order valence-corrected chi connectivity index (χ3v) is 3.96. The van der Waals surface area contributed by atoms with E-state index in [2.05, 4.69) is 36.7 Å².